The van der Waals surface area contributed by atoms with E-state index in [0.29, 0.717) is 5.25 Å². The SMILES string of the molecule is CC[C@@H](Sc1ccccc1N)c1ccc2ccccc2c1. The quantitative estimate of drug-likeness (QED) is 0.496. The summed E-state index contributed by atoms with van der Waals surface area (Å²) in [4.78, 5) is 1.16. The van der Waals surface area contributed by atoms with Gasteiger partial charge in [-0.05, 0) is 34.9 Å². The van der Waals surface area contributed by atoms with Gasteiger partial charge in [0.2, 0.25) is 0 Å². The molecule has 0 saturated heterocycles. The highest BCUT2D eigenvalue weighted by atomic mass is 32.2. The molecule has 0 saturated carbocycles. The van der Waals surface area contributed by atoms with E-state index < -0.39 is 0 Å². The minimum absolute atomic E-state index is 0.430. The van der Waals surface area contributed by atoms with Crippen molar-refractivity contribution in [3.63, 3.8) is 0 Å². The second kappa shape index (κ2) is 6.23. The lowest BCUT2D eigenvalue weighted by atomic mass is 10.0. The molecule has 0 aliphatic heterocycles. The van der Waals surface area contributed by atoms with Crippen molar-refractivity contribution in [1.29, 1.82) is 0 Å². The van der Waals surface area contributed by atoms with Gasteiger partial charge in [-0.3, -0.25) is 0 Å². The Morgan fingerprint density at radius 1 is 0.905 bits per heavy atom. The van der Waals surface area contributed by atoms with E-state index in [1.807, 2.05) is 30.0 Å². The summed E-state index contributed by atoms with van der Waals surface area (Å²) in [5.74, 6) is 0. The number of benzene rings is 3. The lowest BCUT2D eigenvalue weighted by molar-refractivity contribution is 0.896. The van der Waals surface area contributed by atoms with E-state index in [1.165, 1.54) is 16.3 Å². The lowest BCUT2D eigenvalue weighted by Gasteiger charge is -2.17. The molecular weight excluding hydrogens is 274 g/mol. The molecule has 106 valence electrons. The van der Waals surface area contributed by atoms with E-state index in [0.717, 1.165) is 17.0 Å². The van der Waals surface area contributed by atoms with Crippen molar-refractivity contribution in [3.8, 4) is 0 Å². The molecule has 3 rings (SSSR count). The highest BCUT2D eigenvalue weighted by molar-refractivity contribution is 7.99. The Hall–Kier alpha value is -1.93. The Morgan fingerprint density at radius 3 is 2.38 bits per heavy atom. The molecule has 0 aliphatic rings. The van der Waals surface area contributed by atoms with Crippen LogP contribution in [-0.2, 0) is 0 Å². The van der Waals surface area contributed by atoms with Crippen LogP contribution in [-0.4, -0.2) is 0 Å². The summed E-state index contributed by atoms with van der Waals surface area (Å²) in [6.07, 6.45) is 1.08. The van der Waals surface area contributed by atoms with Gasteiger partial charge in [-0.15, -0.1) is 11.8 Å². The Labute approximate surface area is 130 Å². The van der Waals surface area contributed by atoms with E-state index in [1.54, 1.807) is 0 Å². The summed E-state index contributed by atoms with van der Waals surface area (Å²) in [6, 6.07) is 23.4. The third-order valence-electron chi connectivity index (χ3n) is 3.70. The molecule has 0 unspecified atom stereocenters. The zero-order valence-corrected chi connectivity index (χ0v) is 12.9. The molecule has 0 bridgehead atoms. The summed E-state index contributed by atoms with van der Waals surface area (Å²) >= 11 is 1.85. The normalized spacial score (nSPS) is 12.4. The molecule has 0 heterocycles. The first-order valence-electron chi connectivity index (χ1n) is 7.28. The van der Waals surface area contributed by atoms with Crippen LogP contribution in [0.2, 0.25) is 0 Å². The summed E-state index contributed by atoms with van der Waals surface area (Å²) in [7, 11) is 0. The van der Waals surface area contributed by atoms with Crippen LogP contribution >= 0.6 is 11.8 Å². The maximum absolute atomic E-state index is 6.07. The summed E-state index contributed by atoms with van der Waals surface area (Å²) in [5, 5.41) is 3.02. The van der Waals surface area contributed by atoms with Gasteiger partial charge >= 0.3 is 0 Å². The van der Waals surface area contributed by atoms with E-state index in [2.05, 4.69) is 55.5 Å². The maximum atomic E-state index is 6.07. The molecule has 2 N–H and O–H groups in total. The van der Waals surface area contributed by atoms with Crippen LogP contribution in [0, 0.1) is 0 Å². The third-order valence-corrected chi connectivity index (χ3v) is 5.22. The number of nitrogens with two attached hydrogens (primary N) is 1. The van der Waals surface area contributed by atoms with Gasteiger partial charge in [0.05, 0.1) is 0 Å². The number of para-hydroxylation sites is 1. The number of hydrogen-bond acceptors (Lipinski definition) is 2. The van der Waals surface area contributed by atoms with Crippen LogP contribution in [0.3, 0.4) is 0 Å². The van der Waals surface area contributed by atoms with Gasteiger partial charge in [0, 0.05) is 15.8 Å². The zero-order chi connectivity index (χ0) is 14.7. The number of anilines is 1. The van der Waals surface area contributed by atoms with Crippen LogP contribution in [0.5, 0.6) is 0 Å². The smallest absolute Gasteiger partial charge is 0.0452 e. The van der Waals surface area contributed by atoms with Crippen LogP contribution in [0.4, 0.5) is 5.69 Å². The number of fused-ring (bicyclic) bond motifs is 1. The fourth-order valence-electron chi connectivity index (χ4n) is 2.54. The Bertz CT molecular complexity index is 751. The van der Waals surface area contributed by atoms with Gasteiger partial charge in [0.25, 0.3) is 0 Å². The van der Waals surface area contributed by atoms with Gasteiger partial charge in [-0.2, -0.15) is 0 Å². The predicted octanol–water partition coefficient (Wildman–Crippen LogP) is 5.67. The molecule has 1 nitrogen and oxygen atoms in total. The molecular formula is C19H19NS. The maximum Gasteiger partial charge on any atom is 0.0452 e. The topological polar surface area (TPSA) is 26.0 Å². The minimum atomic E-state index is 0.430. The number of thioether (sulfide) groups is 1. The first kappa shape index (κ1) is 14.0. The number of nitrogen functional groups attached to an aromatic ring is 1. The van der Waals surface area contributed by atoms with Crippen LogP contribution < -0.4 is 5.73 Å². The molecule has 21 heavy (non-hydrogen) atoms. The number of hydrogen-bond donors (Lipinski definition) is 1. The molecule has 0 aliphatic carbocycles. The standard InChI is InChI=1S/C19H19NS/c1-2-18(21-19-10-6-5-9-17(19)20)16-12-11-14-7-3-4-8-15(14)13-16/h3-13,18H,2,20H2,1H3/t18-/m1/s1. The van der Waals surface area contributed by atoms with Crippen molar-refractivity contribution in [2.24, 2.45) is 0 Å². The minimum Gasteiger partial charge on any atom is -0.398 e. The van der Waals surface area contributed by atoms with Gasteiger partial charge in [0.1, 0.15) is 0 Å². The van der Waals surface area contributed by atoms with Crippen molar-refractivity contribution in [1.82, 2.24) is 0 Å². The summed E-state index contributed by atoms with van der Waals surface area (Å²) in [6.45, 7) is 2.23. The highest BCUT2D eigenvalue weighted by Crippen LogP contribution is 2.40. The second-order valence-corrected chi connectivity index (χ2v) is 6.40. The van der Waals surface area contributed by atoms with Crippen LogP contribution in [0.1, 0.15) is 24.2 Å². The van der Waals surface area contributed by atoms with Crippen molar-refractivity contribution in [2.75, 3.05) is 5.73 Å². The monoisotopic (exact) mass is 293 g/mol. The molecule has 3 aromatic carbocycles. The van der Waals surface area contributed by atoms with Gasteiger partial charge < -0.3 is 5.73 Å². The Kier molecular flexibility index (Phi) is 4.16. The van der Waals surface area contributed by atoms with Crippen LogP contribution in [0.15, 0.2) is 71.6 Å². The first-order valence-corrected chi connectivity index (χ1v) is 8.15. The average Bonchev–Trinajstić information content (AvgIpc) is 2.54. The van der Waals surface area contributed by atoms with Crippen molar-refractivity contribution >= 4 is 28.2 Å². The lowest BCUT2D eigenvalue weighted by Crippen LogP contribution is -1.95. The molecule has 0 aromatic heterocycles. The molecule has 3 aromatic rings. The average molecular weight is 293 g/mol. The summed E-state index contributed by atoms with van der Waals surface area (Å²) < 4.78 is 0. The van der Waals surface area contributed by atoms with E-state index in [9.17, 15) is 0 Å². The number of rotatable bonds is 4. The molecule has 2 heteroatoms. The Morgan fingerprint density at radius 2 is 1.62 bits per heavy atom. The third kappa shape index (κ3) is 3.06. The Balaban J connectivity index is 1.93. The van der Waals surface area contributed by atoms with E-state index in [-0.39, 0.29) is 0 Å². The molecule has 0 radical (unpaired) electrons. The van der Waals surface area contributed by atoms with Gasteiger partial charge in [-0.25, -0.2) is 0 Å². The van der Waals surface area contributed by atoms with Gasteiger partial charge in [-0.1, -0.05) is 61.5 Å². The van der Waals surface area contributed by atoms with Crippen molar-refractivity contribution < 1.29 is 0 Å². The van der Waals surface area contributed by atoms with E-state index in [4.69, 9.17) is 5.73 Å². The second-order valence-electron chi connectivity index (χ2n) is 5.16. The molecule has 0 spiro atoms. The molecule has 0 fully saturated rings. The van der Waals surface area contributed by atoms with E-state index >= 15 is 0 Å². The zero-order valence-electron chi connectivity index (χ0n) is 12.1. The fourth-order valence-corrected chi connectivity index (χ4v) is 3.65. The van der Waals surface area contributed by atoms with Crippen molar-refractivity contribution in [2.45, 2.75) is 23.5 Å². The van der Waals surface area contributed by atoms with Gasteiger partial charge in [0.15, 0.2) is 0 Å². The summed E-state index contributed by atoms with van der Waals surface area (Å²) in [5.41, 5.74) is 8.30. The van der Waals surface area contributed by atoms with Crippen LogP contribution in [0.25, 0.3) is 10.8 Å². The largest absolute Gasteiger partial charge is 0.398 e. The predicted molar refractivity (Wildman–Crippen MR) is 93.7 cm³/mol. The fraction of sp³-hybridized carbons (Fsp3) is 0.158. The molecule has 1 atom stereocenters. The highest BCUT2D eigenvalue weighted by Gasteiger charge is 2.13. The van der Waals surface area contributed by atoms with Crippen molar-refractivity contribution in [3.05, 3.63) is 72.3 Å². The first-order chi connectivity index (χ1) is 10.3. The molecule has 0 amide bonds.